The number of nitrogens with zero attached hydrogens (tertiary/aromatic N) is 2. The number of ether oxygens (including phenoxy) is 2. The molecule has 0 N–H and O–H groups in total. The summed E-state index contributed by atoms with van der Waals surface area (Å²) in [6, 6.07) is 14.2. The van der Waals surface area contributed by atoms with E-state index in [0.717, 1.165) is 48.2 Å². The molecule has 0 aliphatic carbocycles. The average Bonchev–Trinajstić information content (AvgIpc) is 3.16. The maximum atomic E-state index is 11.4. The quantitative estimate of drug-likeness (QED) is 0.389. The lowest BCUT2D eigenvalue weighted by atomic mass is 10.1. The van der Waals surface area contributed by atoms with Crippen molar-refractivity contribution < 1.29 is 14.3 Å². The summed E-state index contributed by atoms with van der Waals surface area (Å²) < 4.78 is 13.2. The Morgan fingerprint density at radius 1 is 1.07 bits per heavy atom. The molecule has 0 amide bonds. The Balaban J connectivity index is 1.61. The molecule has 142 valence electrons. The second-order valence-electron chi connectivity index (χ2n) is 6.47. The number of hydrogen-bond acceptors (Lipinski definition) is 4. The van der Waals surface area contributed by atoms with Crippen molar-refractivity contribution in [2.24, 2.45) is 0 Å². The normalized spacial score (nSPS) is 10.9. The maximum absolute atomic E-state index is 11.4. The number of hydrogen-bond donors (Lipinski definition) is 0. The van der Waals surface area contributed by atoms with Crippen LogP contribution in [-0.2, 0) is 22.6 Å². The number of carbonyl (C=O) groups excluding carboxylic acids is 1. The highest BCUT2D eigenvalue weighted by Crippen LogP contribution is 2.24. The molecule has 0 bridgehead atoms. The van der Waals surface area contributed by atoms with Crippen LogP contribution in [0.15, 0.2) is 55.0 Å². The SMILES string of the molecule is CCOC(=O)CCCCCc1c(OCc2ccccc2)ccc2cncn12. The number of aryl methyl sites for hydroxylation is 1. The van der Waals surface area contributed by atoms with Gasteiger partial charge in [0.15, 0.2) is 0 Å². The van der Waals surface area contributed by atoms with Crippen LogP contribution in [0.2, 0.25) is 0 Å². The van der Waals surface area contributed by atoms with Crippen LogP contribution >= 0.6 is 0 Å². The van der Waals surface area contributed by atoms with Gasteiger partial charge in [0.2, 0.25) is 0 Å². The number of benzene rings is 1. The minimum absolute atomic E-state index is 0.110. The van der Waals surface area contributed by atoms with Gasteiger partial charge in [0, 0.05) is 6.42 Å². The largest absolute Gasteiger partial charge is 0.487 e. The fourth-order valence-corrected chi connectivity index (χ4v) is 3.11. The lowest BCUT2D eigenvalue weighted by molar-refractivity contribution is -0.143. The lowest BCUT2D eigenvalue weighted by Crippen LogP contribution is -2.05. The molecule has 0 saturated carbocycles. The van der Waals surface area contributed by atoms with E-state index >= 15 is 0 Å². The third-order valence-electron chi connectivity index (χ3n) is 4.48. The highest BCUT2D eigenvalue weighted by atomic mass is 16.5. The standard InChI is InChI=1S/C22H26N2O3/c1-2-26-22(25)12-8-4-7-11-20-21(14-13-19-15-23-17-24(19)20)27-16-18-9-5-3-6-10-18/h3,5-6,9-10,13-15,17H,2,4,7-8,11-12,16H2,1H3. The van der Waals surface area contributed by atoms with Gasteiger partial charge in [-0.3, -0.25) is 9.20 Å². The van der Waals surface area contributed by atoms with E-state index in [0.29, 0.717) is 19.6 Å². The fourth-order valence-electron chi connectivity index (χ4n) is 3.11. The van der Waals surface area contributed by atoms with Gasteiger partial charge in [-0.2, -0.15) is 0 Å². The molecular weight excluding hydrogens is 340 g/mol. The number of unbranched alkanes of at least 4 members (excludes halogenated alkanes) is 2. The number of fused-ring (bicyclic) bond motifs is 1. The van der Waals surface area contributed by atoms with Crippen molar-refractivity contribution in [1.82, 2.24) is 9.38 Å². The Kier molecular flexibility index (Phi) is 6.85. The molecule has 2 heterocycles. The molecule has 0 fully saturated rings. The van der Waals surface area contributed by atoms with E-state index in [1.165, 1.54) is 0 Å². The van der Waals surface area contributed by atoms with Gasteiger partial charge in [-0.05, 0) is 43.9 Å². The molecule has 0 radical (unpaired) electrons. The van der Waals surface area contributed by atoms with E-state index in [4.69, 9.17) is 9.47 Å². The number of esters is 1. The first-order chi connectivity index (χ1) is 13.3. The molecular formula is C22H26N2O3. The van der Waals surface area contributed by atoms with E-state index in [2.05, 4.69) is 21.5 Å². The third kappa shape index (κ3) is 5.33. The van der Waals surface area contributed by atoms with E-state index in [-0.39, 0.29) is 5.97 Å². The summed E-state index contributed by atoms with van der Waals surface area (Å²) in [5, 5.41) is 0. The molecule has 5 heteroatoms. The monoisotopic (exact) mass is 366 g/mol. The van der Waals surface area contributed by atoms with E-state index in [9.17, 15) is 4.79 Å². The van der Waals surface area contributed by atoms with E-state index < -0.39 is 0 Å². The number of imidazole rings is 1. The minimum atomic E-state index is -0.110. The Bertz CT molecular complexity index is 858. The molecule has 0 unspecified atom stereocenters. The lowest BCUT2D eigenvalue weighted by Gasteiger charge is -2.14. The van der Waals surface area contributed by atoms with Crippen molar-refractivity contribution in [3.8, 4) is 5.75 Å². The number of carbonyl (C=O) groups is 1. The van der Waals surface area contributed by atoms with Gasteiger partial charge in [-0.1, -0.05) is 36.8 Å². The van der Waals surface area contributed by atoms with Crippen LogP contribution in [-0.4, -0.2) is 22.0 Å². The molecule has 1 aromatic carbocycles. The van der Waals surface area contributed by atoms with Crippen LogP contribution in [0.4, 0.5) is 0 Å². The highest BCUT2D eigenvalue weighted by Gasteiger charge is 2.10. The molecule has 2 aromatic heterocycles. The van der Waals surface area contributed by atoms with Gasteiger partial charge in [-0.25, -0.2) is 4.98 Å². The fraction of sp³-hybridized carbons (Fsp3) is 0.364. The van der Waals surface area contributed by atoms with Gasteiger partial charge in [-0.15, -0.1) is 0 Å². The molecule has 0 saturated heterocycles. The topological polar surface area (TPSA) is 52.8 Å². The molecule has 0 aliphatic rings. The summed E-state index contributed by atoms with van der Waals surface area (Å²) >= 11 is 0. The van der Waals surface area contributed by atoms with Crippen molar-refractivity contribution in [3.05, 3.63) is 66.2 Å². The zero-order valence-corrected chi connectivity index (χ0v) is 15.8. The van der Waals surface area contributed by atoms with E-state index in [1.54, 1.807) is 0 Å². The van der Waals surface area contributed by atoms with Crippen LogP contribution in [0.3, 0.4) is 0 Å². The summed E-state index contributed by atoms with van der Waals surface area (Å²) in [6.07, 6.45) is 7.85. The van der Waals surface area contributed by atoms with Crippen LogP contribution < -0.4 is 4.74 Å². The number of pyridine rings is 1. The van der Waals surface area contributed by atoms with Crippen molar-refractivity contribution in [2.45, 2.75) is 45.6 Å². The predicted molar refractivity (Wildman–Crippen MR) is 105 cm³/mol. The summed E-state index contributed by atoms with van der Waals surface area (Å²) in [4.78, 5) is 15.7. The Morgan fingerprint density at radius 3 is 2.74 bits per heavy atom. The maximum Gasteiger partial charge on any atom is 0.305 e. The van der Waals surface area contributed by atoms with Crippen molar-refractivity contribution in [3.63, 3.8) is 0 Å². The second kappa shape index (κ2) is 9.76. The van der Waals surface area contributed by atoms with Gasteiger partial charge in [0.25, 0.3) is 0 Å². The van der Waals surface area contributed by atoms with Crippen LogP contribution in [0.1, 0.15) is 43.9 Å². The first-order valence-electron chi connectivity index (χ1n) is 9.54. The molecule has 27 heavy (non-hydrogen) atoms. The minimum Gasteiger partial charge on any atom is -0.487 e. The highest BCUT2D eigenvalue weighted by molar-refractivity contribution is 5.69. The van der Waals surface area contributed by atoms with Gasteiger partial charge < -0.3 is 9.47 Å². The summed E-state index contributed by atoms with van der Waals surface area (Å²) in [6.45, 7) is 2.82. The first kappa shape index (κ1) is 19.0. The Morgan fingerprint density at radius 2 is 1.93 bits per heavy atom. The zero-order chi connectivity index (χ0) is 18.9. The van der Waals surface area contributed by atoms with E-state index in [1.807, 2.05) is 49.8 Å². The van der Waals surface area contributed by atoms with Crippen LogP contribution in [0.25, 0.3) is 5.52 Å². The number of aromatic nitrogens is 2. The third-order valence-corrected chi connectivity index (χ3v) is 4.48. The van der Waals surface area contributed by atoms with Crippen LogP contribution in [0.5, 0.6) is 5.75 Å². The van der Waals surface area contributed by atoms with Crippen molar-refractivity contribution in [2.75, 3.05) is 6.61 Å². The first-order valence-corrected chi connectivity index (χ1v) is 9.54. The average molecular weight is 366 g/mol. The second-order valence-corrected chi connectivity index (χ2v) is 6.47. The molecule has 0 atom stereocenters. The molecule has 5 nitrogen and oxygen atoms in total. The Hall–Kier alpha value is -2.82. The number of rotatable bonds is 10. The molecule has 3 rings (SSSR count). The van der Waals surface area contributed by atoms with Gasteiger partial charge in [0.1, 0.15) is 12.4 Å². The van der Waals surface area contributed by atoms with Crippen molar-refractivity contribution in [1.29, 1.82) is 0 Å². The Labute approximate surface area is 159 Å². The molecule has 3 aromatic rings. The van der Waals surface area contributed by atoms with Gasteiger partial charge >= 0.3 is 5.97 Å². The summed E-state index contributed by atoms with van der Waals surface area (Å²) in [5.41, 5.74) is 3.32. The van der Waals surface area contributed by atoms with Gasteiger partial charge in [0.05, 0.1) is 30.3 Å². The molecule has 0 aliphatic heterocycles. The molecule has 0 spiro atoms. The smallest absolute Gasteiger partial charge is 0.305 e. The van der Waals surface area contributed by atoms with Crippen LogP contribution in [0, 0.1) is 0 Å². The predicted octanol–water partition coefficient (Wildman–Crippen LogP) is 4.58. The van der Waals surface area contributed by atoms with Crippen molar-refractivity contribution >= 4 is 11.5 Å². The summed E-state index contributed by atoms with van der Waals surface area (Å²) in [7, 11) is 0. The zero-order valence-electron chi connectivity index (χ0n) is 15.8. The summed E-state index contributed by atoms with van der Waals surface area (Å²) in [5.74, 6) is 0.774.